The van der Waals surface area contributed by atoms with Gasteiger partial charge in [0, 0.05) is 14.2 Å². The third-order valence-corrected chi connectivity index (χ3v) is 4.46. The first-order valence-corrected chi connectivity index (χ1v) is 7.61. The molecule has 1 aromatic rings. The number of amides is 1. The normalized spacial score (nSPS) is 24.3. The summed E-state index contributed by atoms with van der Waals surface area (Å²) in [6.45, 7) is 3.89. The average Bonchev–Trinajstić information content (AvgIpc) is 2.86. The van der Waals surface area contributed by atoms with Gasteiger partial charge in [-0.25, -0.2) is 0 Å². The third-order valence-electron chi connectivity index (χ3n) is 4.46. The highest BCUT2D eigenvalue weighted by Gasteiger charge is 2.38. The number of para-hydroxylation sites is 1. The van der Waals surface area contributed by atoms with Gasteiger partial charge < -0.3 is 19.5 Å². The molecule has 0 radical (unpaired) electrons. The molecule has 22 heavy (non-hydrogen) atoms. The minimum absolute atomic E-state index is 0.0247. The van der Waals surface area contributed by atoms with Gasteiger partial charge >= 0.3 is 0 Å². The Morgan fingerprint density at radius 1 is 1.32 bits per heavy atom. The van der Waals surface area contributed by atoms with Crippen LogP contribution >= 0.6 is 0 Å². The molecule has 1 N–H and O–H groups in total. The largest absolute Gasteiger partial charge is 0.483 e. The number of aryl methyl sites for hydroxylation is 2. The van der Waals surface area contributed by atoms with Crippen LogP contribution in [0.15, 0.2) is 18.2 Å². The Morgan fingerprint density at radius 3 is 2.50 bits per heavy atom. The van der Waals surface area contributed by atoms with Crippen LogP contribution in [0.3, 0.4) is 0 Å². The number of carbonyl (C=O) groups excluding carboxylic acids is 1. The summed E-state index contributed by atoms with van der Waals surface area (Å²) >= 11 is 0. The smallest absolute Gasteiger partial charge is 0.260 e. The van der Waals surface area contributed by atoms with E-state index in [1.54, 1.807) is 19.1 Å². The Bertz CT molecular complexity index is 511. The maximum Gasteiger partial charge on any atom is 0.260 e. The number of ether oxygens (including phenoxy) is 2. The summed E-state index contributed by atoms with van der Waals surface area (Å²) in [4.78, 5) is 13.9. The number of methoxy groups -OCH3 is 1. The number of benzene rings is 1. The first-order chi connectivity index (χ1) is 10.5. The number of hydrogen-bond donors (Lipinski definition) is 1. The molecule has 1 amide bonds. The fourth-order valence-corrected chi connectivity index (χ4v) is 3.05. The molecule has 122 valence electrons. The molecular formula is C17H25NO4. The molecule has 0 aromatic heterocycles. The van der Waals surface area contributed by atoms with E-state index < -0.39 is 6.10 Å². The number of aliphatic hydroxyl groups is 1. The highest BCUT2D eigenvalue weighted by atomic mass is 16.5. The van der Waals surface area contributed by atoms with Crippen LogP contribution in [0.4, 0.5) is 0 Å². The van der Waals surface area contributed by atoms with Crippen molar-refractivity contribution < 1.29 is 19.4 Å². The van der Waals surface area contributed by atoms with Crippen LogP contribution in [0.1, 0.15) is 24.0 Å². The van der Waals surface area contributed by atoms with Crippen molar-refractivity contribution in [1.29, 1.82) is 0 Å². The summed E-state index contributed by atoms with van der Waals surface area (Å²) in [5, 5.41) is 10.2. The maximum atomic E-state index is 12.3. The lowest BCUT2D eigenvalue weighted by Crippen LogP contribution is -2.46. The predicted octanol–water partition coefficient (Wildman–Crippen LogP) is 1.68. The molecule has 0 heterocycles. The summed E-state index contributed by atoms with van der Waals surface area (Å²) in [6.07, 6.45) is 0.669. The van der Waals surface area contributed by atoms with Crippen molar-refractivity contribution in [1.82, 2.24) is 4.90 Å². The molecule has 0 spiro atoms. The highest BCUT2D eigenvalue weighted by molar-refractivity contribution is 5.78. The van der Waals surface area contributed by atoms with E-state index in [0.717, 1.165) is 29.7 Å². The molecular weight excluding hydrogens is 282 g/mol. The molecule has 0 aliphatic heterocycles. The maximum absolute atomic E-state index is 12.3. The highest BCUT2D eigenvalue weighted by Crippen LogP contribution is 2.26. The Labute approximate surface area is 131 Å². The monoisotopic (exact) mass is 307 g/mol. The van der Waals surface area contributed by atoms with Gasteiger partial charge in [0.2, 0.25) is 0 Å². The first-order valence-electron chi connectivity index (χ1n) is 7.61. The van der Waals surface area contributed by atoms with Crippen LogP contribution in [0.2, 0.25) is 0 Å². The van der Waals surface area contributed by atoms with Gasteiger partial charge in [0.15, 0.2) is 6.61 Å². The number of carbonyl (C=O) groups is 1. The van der Waals surface area contributed by atoms with Crippen molar-refractivity contribution in [2.45, 2.75) is 44.9 Å². The molecule has 0 unspecified atom stereocenters. The third kappa shape index (κ3) is 3.42. The van der Waals surface area contributed by atoms with Crippen LogP contribution < -0.4 is 4.74 Å². The number of rotatable bonds is 5. The summed E-state index contributed by atoms with van der Waals surface area (Å²) in [5.74, 6) is 0.620. The summed E-state index contributed by atoms with van der Waals surface area (Å²) in [7, 11) is 3.30. The molecule has 5 nitrogen and oxygen atoms in total. The van der Waals surface area contributed by atoms with Gasteiger partial charge in [0.05, 0.1) is 12.1 Å². The Kier molecular flexibility index (Phi) is 5.42. The lowest BCUT2D eigenvalue weighted by atomic mass is 10.1. The quantitative estimate of drug-likeness (QED) is 0.899. The Morgan fingerprint density at radius 2 is 1.95 bits per heavy atom. The van der Waals surface area contributed by atoms with E-state index in [0.29, 0.717) is 0 Å². The molecule has 1 aromatic carbocycles. The first kappa shape index (κ1) is 16.8. The van der Waals surface area contributed by atoms with E-state index in [-0.39, 0.29) is 24.7 Å². The molecule has 1 fully saturated rings. The zero-order valence-electron chi connectivity index (χ0n) is 13.7. The second-order valence-electron chi connectivity index (χ2n) is 5.92. The molecule has 1 aliphatic carbocycles. The van der Waals surface area contributed by atoms with Crippen molar-refractivity contribution in [2.75, 3.05) is 20.8 Å². The fraction of sp³-hybridized carbons (Fsp3) is 0.588. The number of nitrogens with zero attached hydrogens (tertiary/aromatic N) is 1. The average molecular weight is 307 g/mol. The van der Waals surface area contributed by atoms with Gasteiger partial charge in [-0.1, -0.05) is 18.2 Å². The van der Waals surface area contributed by atoms with Gasteiger partial charge in [-0.2, -0.15) is 0 Å². The second kappa shape index (κ2) is 7.11. The van der Waals surface area contributed by atoms with Gasteiger partial charge in [0.25, 0.3) is 5.91 Å². The van der Waals surface area contributed by atoms with Crippen molar-refractivity contribution in [2.24, 2.45) is 0 Å². The summed E-state index contributed by atoms with van der Waals surface area (Å²) < 4.78 is 10.9. The number of hydrogen-bond acceptors (Lipinski definition) is 4. The minimum Gasteiger partial charge on any atom is -0.483 e. The van der Waals surface area contributed by atoms with Crippen molar-refractivity contribution >= 4 is 5.91 Å². The molecule has 5 heteroatoms. The van der Waals surface area contributed by atoms with Gasteiger partial charge in [-0.3, -0.25) is 4.79 Å². The zero-order chi connectivity index (χ0) is 16.3. The standard InChI is InChI=1S/C17H25NO4/c1-11-6-5-7-12(2)17(11)22-10-15(19)18(3)13-8-9-14(21-4)16(13)20/h5-7,13-14,16,20H,8-10H2,1-4H3/t13-,14-,16-/m1/s1. The zero-order valence-corrected chi connectivity index (χ0v) is 13.7. The van der Waals surface area contributed by atoms with E-state index in [1.807, 2.05) is 32.0 Å². The molecule has 2 rings (SSSR count). The Balaban J connectivity index is 1.95. The lowest BCUT2D eigenvalue weighted by Gasteiger charge is -2.28. The summed E-state index contributed by atoms with van der Waals surface area (Å²) in [6, 6.07) is 5.67. The number of likely N-dealkylation sites (N-methyl/N-ethyl adjacent to an activating group) is 1. The van der Waals surface area contributed by atoms with E-state index in [1.165, 1.54) is 0 Å². The van der Waals surface area contributed by atoms with Gasteiger partial charge in [-0.15, -0.1) is 0 Å². The topological polar surface area (TPSA) is 59.0 Å². The fourth-order valence-electron chi connectivity index (χ4n) is 3.05. The van der Waals surface area contributed by atoms with Crippen LogP contribution in [0, 0.1) is 13.8 Å². The minimum atomic E-state index is -0.640. The van der Waals surface area contributed by atoms with Crippen LogP contribution in [-0.2, 0) is 9.53 Å². The van der Waals surface area contributed by atoms with Crippen LogP contribution in [-0.4, -0.2) is 54.9 Å². The van der Waals surface area contributed by atoms with E-state index >= 15 is 0 Å². The molecule has 1 aliphatic rings. The SMILES string of the molecule is CO[C@@H]1CC[C@@H](N(C)C(=O)COc2c(C)cccc2C)[C@H]1O. The van der Waals surface area contributed by atoms with E-state index in [2.05, 4.69) is 0 Å². The second-order valence-corrected chi connectivity index (χ2v) is 5.92. The van der Waals surface area contributed by atoms with Crippen molar-refractivity contribution in [3.05, 3.63) is 29.3 Å². The van der Waals surface area contributed by atoms with Gasteiger partial charge in [-0.05, 0) is 37.8 Å². The predicted molar refractivity (Wildman–Crippen MR) is 84.0 cm³/mol. The van der Waals surface area contributed by atoms with Crippen molar-refractivity contribution in [3.63, 3.8) is 0 Å². The van der Waals surface area contributed by atoms with E-state index in [9.17, 15) is 9.90 Å². The molecule has 0 bridgehead atoms. The van der Waals surface area contributed by atoms with E-state index in [4.69, 9.17) is 9.47 Å². The van der Waals surface area contributed by atoms with Crippen LogP contribution in [0.5, 0.6) is 5.75 Å². The number of aliphatic hydroxyl groups excluding tert-OH is 1. The Hall–Kier alpha value is -1.59. The lowest BCUT2D eigenvalue weighted by molar-refractivity contribution is -0.136. The van der Waals surface area contributed by atoms with Gasteiger partial charge in [0.1, 0.15) is 11.9 Å². The van der Waals surface area contributed by atoms with Crippen molar-refractivity contribution in [3.8, 4) is 5.75 Å². The van der Waals surface area contributed by atoms with Crippen LogP contribution in [0.25, 0.3) is 0 Å². The molecule has 1 saturated carbocycles. The summed E-state index contributed by atoms with van der Waals surface area (Å²) in [5.41, 5.74) is 2.02. The molecule has 3 atom stereocenters. The molecule has 0 saturated heterocycles.